The summed E-state index contributed by atoms with van der Waals surface area (Å²) in [7, 11) is 0. The van der Waals surface area contributed by atoms with E-state index in [-0.39, 0.29) is 42.9 Å². The lowest BCUT2D eigenvalue weighted by Gasteiger charge is -2.37. The second-order valence-corrected chi connectivity index (χ2v) is 11.1. The average Bonchev–Trinajstić information content (AvgIpc) is 3.46. The number of likely N-dealkylation sites (tertiary alicyclic amines) is 1. The van der Waals surface area contributed by atoms with Crippen molar-refractivity contribution in [3.05, 3.63) is 54.6 Å². The number of alkyl halides is 1. The molecule has 2 amide bonds. The molecule has 0 aliphatic carbocycles. The molecule has 0 saturated carbocycles. The number of benzene rings is 1. The summed E-state index contributed by atoms with van der Waals surface area (Å²) in [5.41, 5.74) is -0.699. The highest BCUT2D eigenvalue weighted by atomic mass is 79.9. The van der Waals surface area contributed by atoms with Crippen LogP contribution in [0.2, 0.25) is 5.02 Å². The third-order valence-electron chi connectivity index (χ3n) is 7.39. The SMILES string of the molecule is C=CCCOC(=O)[C@H]1[C@H]2C(=O)N(CCCCO)C(C(=O)N(CC=C)c3ccccc3Cl)C23CC(Br)[C@@H]1O3. The fraction of sp³-hybridized carbons (Fsp3) is 0.519. The molecule has 6 atom stereocenters. The van der Waals surface area contributed by atoms with E-state index in [9.17, 15) is 19.5 Å². The zero-order chi connectivity index (χ0) is 26.7. The molecule has 0 aromatic heterocycles. The molecule has 3 saturated heterocycles. The van der Waals surface area contributed by atoms with Crippen LogP contribution in [-0.4, -0.2) is 76.7 Å². The van der Waals surface area contributed by atoms with E-state index in [4.69, 9.17) is 21.1 Å². The van der Waals surface area contributed by atoms with E-state index in [0.717, 1.165) is 0 Å². The molecule has 3 unspecified atom stereocenters. The monoisotopic (exact) mass is 594 g/mol. The van der Waals surface area contributed by atoms with E-state index in [2.05, 4.69) is 29.1 Å². The number of fused-ring (bicyclic) bond motifs is 1. The number of aliphatic hydroxyl groups excluding tert-OH is 1. The molecular formula is C27H32BrClN2O6. The Kier molecular flexibility index (Phi) is 8.78. The number of carbonyl (C=O) groups excluding carboxylic acids is 3. The van der Waals surface area contributed by atoms with Crippen molar-refractivity contribution in [2.24, 2.45) is 11.8 Å². The fourth-order valence-corrected chi connectivity index (χ4v) is 7.09. The minimum Gasteiger partial charge on any atom is -0.465 e. The number of esters is 1. The Hall–Kier alpha value is -2.20. The van der Waals surface area contributed by atoms with E-state index in [1.165, 1.54) is 9.80 Å². The molecule has 0 radical (unpaired) electrons. The number of hydrogen-bond donors (Lipinski definition) is 1. The van der Waals surface area contributed by atoms with Gasteiger partial charge in [0.25, 0.3) is 5.91 Å². The molecule has 1 N–H and O–H groups in total. The molecule has 1 aromatic carbocycles. The maximum atomic E-state index is 14.3. The van der Waals surface area contributed by atoms with Crippen LogP contribution < -0.4 is 4.90 Å². The van der Waals surface area contributed by atoms with Crippen molar-refractivity contribution in [1.29, 1.82) is 0 Å². The number of hydrogen-bond acceptors (Lipinski definition) is 6. The number of nitrogens with zero attached hydrogens (tertiary/aromatic N) is 2. The van der Waals surface area contributed by atoms with Crippen molar-refractivity contribution in [2.75, 3.05) is 31.2 Å². The van der Waals surface area contributed by atoms with Gasteiger partial charge >= 0.3 is 5.97 Å². The van der Waals surface area contributed by atoms with Gasteiger partial charge in [-0.2, -0.15) is 0 Å². The quantitative estimate of drug-likeness (QED) is 0.172. The van der Waals surface area contributed by atoms with Gasteiger partial charge < -0.3 is 24.4 Å². The Morgan fingerprint density at radius 2 is 2.05 bits per heavy atom. The largest absolute Gasteiger partial charge is 0.465 e. The second-order valence-electron chi connectivity index (χ2n) is 9.56. The summed E-state index contributed by atoms with van der Waals surface area (Å²) < 4.78 is 12.0. The van der Waals surface area contributed by atoms with Crippen LogP contribution in [0.1, 0.15) is 25.7 Å². The first kappa shape index (κ1) is 27.8. The third kappa shape index (κ3) is 4.87. The van der Waals surface area contributed by atoms with E-state index < -0.39 is 35.6 Å². The van der Waals surface area contributed by atoms with Gasteiger partial charge in [0.1, 0.15) is 11.6 Å². The van der Waals surface area contributed by atoms with Crippen LogP contribution in [0.25, 0.3) is 0 Å². The maximum Gasteiger partial charge on any atom is 0.312 e. The molecule has 3 aliphatic rings. The number of aliphatic hydroxyl groups is 1. The number of anilines is 1. The summed E-state index contributed by atoms with van der Waals surface area (Å²) in [6.07, 6.45) is 4.52. The highest BCUT2D eigenvalue weighted by Crippen LogP contribution is 2.60. The molecule has 1 spiro atoms. The van der Waals surface area contributed by atoms with Crippen LogP contribution in [0.5, 0.6) is 0 Å². The number of ether oxygens (including phenoxy) is 2. The fourth-order valence-electron chi connectivity index (χ4n) is 5.91. The molecule has 10 heteroatoms. The summed E-state index contributed by atoms with van der Waals surface area (Å²) in [5, 5.41) is 9.72. The first-order chi connectivity index (χ1) is 17.8. The molecule has 1 aromatic rings. The topological polar surface area (TPSA) is 96.4 Å². The average molecular weight is 596 g/mol. The molecule has 200 valence electrons. The molecule has 3 heterocycles. The highest BCUT2D eigenvalue weighted by Gasteiger charge is 2.77. The zero-order valence-corrected chi connectivity index (χ0v) is 22.9. The Morgan fingerprint density at radius 3 is 2.73 bits per heavy atom. The lowest BCUT2D eigenvalue weighted by atomic mass is 9.70. The minimum atomic E-state index is -1.20. The van der Waals surface area contributed by atoms with Gasteiger partial charge in [-0.15, -0.1) is 13.2 Å². The van der Waals surface area contributed by atoms with E-state index >= 15 is 0 Å². The summed E-state index contributed by atoms with van der Waals surface area (Å²) in [5.74, 6) is -2.84. The predicted octanol–water partition coefficient (Wildman–Crippen LogP) is 3.50. The Labute approximate surface area is 230 Å². The highest BCUT2D eigenvalue weighted by molar-refractivity contribution is 9.09. The van der Waals surface area contributed by atoms with Crippen molar-refractivity contribution in [3.63, 3.8) is 0 Å². The molecule has 2 bridgehead atoms. The van der Waals surface area contributed by atoms with Crippen LogP contribution in [0.15, 0.2) is 49.6 Å². The van der Waals surface area contributed by atoms with Crippen molar-refractivity contribution < 1.29 is 29.0 Å². The van der Waals surface area contributed by atoms with Crippen LogP contribution in [0.3, 0.4) is 0 Å². The first-order valence-corrected chi connectivity index (χ1v) is 13.8. The summed E-state index contributed by atoms with van der Waals surface area (Å²) in [4.78, 5) is 44.3. The number of carbonyl (C=O) groups is 3. The van der Waals surface area contributed by atoms with Crippen molar-refractivity contribution in [2.45, 2.75) is 48.3 Å². The lowest BCUT2D eigenvalue weighted by Crippen LogP contribution is -2.57. The van der Waals surface area contributed by atoms with Gasteiger partial charge in [-0.25, -0.2) is 0 Å². The number of rotatable bonds is 12. The molecule has 8 nitrogen and oxygen atoms in total. The smallest absolute Gasteiger partial charge is 0.312 e. The van der Waals surface area contributed by atoms with E-state index in [1.54, 1.807) is 36.4 Å². The Balaban J connectivity index is 1.75. The van der Waals surface area contributed by atoms with Gasteiger partial charge in [0.05, 0.1) is 35.3 Å². The van der Waals surface area contributed by atoms with Crippen LogP contribution >= 0.6 is 27.5 Å². The summed E-state index contributed by atoms with van der Waals surface area (Å²) in [6, 6.07) is 6.02. The van der Waals surface area contributed by atoms with Gasteiger partial charge in [-0.3, -0.25) is 14.4 Å². The normalized spacial score (nSPS) is 29.8. The van der Waals surface area contributed by atoms with Crippen molar-refractivity contribution in [1.82, 2.24) is 4.90 Å². The van der Waals surface area contributed by atoms with Crippen LogP contribution in [0, 0.1) is 11.8 Å². The van der Waals surface area contributed by atoms with Crippen molar-refractivity contribution >= 4 is 51.0 Å². The van der Waals surface area contributed by atoms with Crippen molar-refractivity contribution in [3.8, 4) is 0 Å². The molecule has 3 aliphatic heterocycles. The predicted molar refractivity (Wildman–Crippen MR) is 144 cm³/mol. The number of amides is 2. The zero-order valence-electron chi connectivity index (χ0n) is 20.6. The summed E-state index contributed by atoms with van der Waals surface area (Å²) >= 11 is 10.1. The van der Waals surface area contributed by atoms with Crippen LogP contribution in [0.4, 0.5) is 5.69 Å². The van der Waals surface area contributed by atoms with Gasteiger partial charge in [0, 0.05) is 24.5 Å². The Bertz CT molecular complexity index is 1070. The van der Waals surface area contributed by atoms with Crippen LogP contribution in [-0.2, 0) is 23.9 Å². The maximum absolute atomic E-state index is 14.3. The standard InChI is InChI=1S/C27H32BrClN2O6/c1-3-5-15-36-26(35)20-21-24(33)31(13-8-9-14-32)23(27(21)16-17(28)22(20)37-27)25(34)30(12-4-2)19-11-7-6-10-18(19)29/h3-4,6-7,10-11,17,20-23,32H,1-2,5,8-9,12-16H2/t17?,20-,21-,22-,23?,27?/m0/s1. The number of para-hydroxylation sites is 1. The molecular weight excluding hydrogens is 564 g/mol. The minimum absolute atomic E-state index is 0.0300. The first-order valence-electron chi connectivity index (χ1n) is 12.5. The van der Waals surface area contributed by atoms with Gasteiger partial charge in [0.15, 0.2) is 0 Å². The Morgan fingerprint density at radius 1 is 1.30 bits per heavy atom. The van der Waals surface area contributed by atoms with E-state index in [1.807, 2.05) is 0 Å². The number of halogens is 2. The van der Waals surface area contributed by atoms with Gasteiger partial charge in [0.2, 0.25) is 5.91 Å². The van der Waals surface area contributed by atoms with Gasteiger partial charge in [-0.05, 0) is 37.8 Å². The second kappa shape index (κ2) is 11.7. The number of unbranched alkanes of at least 4 members (excludes halogenated alkanes) is 1. The molecule has 4 rings (SSSR count). The molecule has 37 heavy (non-hydrogen) atoms. The lowest BCUT2D eigenvalue weighted by molar-refractivity contribution is -0.154. The third-order valence-corrected chi connectivity index (χ3v) is 8.55. The molecule has 3 fully saturated rings. The van der Waals surface area contributed by atoms with E-state index in [0.29, 0.717) is 36.4 Å². The summed E-state index contributed by atoms with van der Waals surface area (Å²) in [6.45, 7) is 8.00. The van der Waals surface area contributed by atoms with Gasteiger partial charge in [-0.1, -0.05) is 51.8 Å².